The van der Waals surface area contributed by atoms with Gasteiger partial charge in [-0.15, -0.1) is 11.3 Å². The molecule has 0 amide bonds. The van der Waals surface area contributed by atoms with E-state index in [1.54, 1.807) is 6.33 Å². The van der Waals surface area contributed by atoms with Gasteiger partial charge in [-0.25, -0.2) is 0 Å². The lowest BCUT2D eigenvalue weighted by Crippen LogP contribution is -1.89. The lowest BCUT2D eigenvalue weighted by molar-refractivity contribution is 0.951. The van der Waals surface area contributed by atoms with Crippen LogP contribution in [0.5, 0.6) is 0 Å². The number of hydrogen-bond donors (Lipinski definition) is 1. The summed E-state index contributed by atoms with van der Waals surface area (Å²) >= 11 is 7.01. The highest BCUT2D eigenvalue weighted by Gasteiger charge is 2.07. The van der Waals surface area contributed by atoms with Crippen molar-refractivity contribution in [3.63, 3.8) is 0 Å². The van der Waals surface area contributed by atoms with Crippen molar-refractivity contribution in [1.82, 2.24) is 14.6 Å². The van der Waals surface area contributed by atoms with Gasteiger partial charge in [0.05, 0.1) is 15.7 Å². The van der Waals surface area contributed by atoms with Crippen molar-refractivity contribution < 1.29 is 0 Å². The molecule has 0 saturated carbocycles. The molecule has 3 aromatic heterocycles. The van der Waals surface area contributed by atoms with E-state index in [0.717, 1.165) is 11.9 Å². The summed E-state index contributed by atoms with van der Waals surface area (Å²) in [6.07, 6.45) is 2.86. The van der Waals surface area contributed by atoms with Crippen LogP contribution in [-0.4, -0.2) is 14.6 Å². The summed E-state index contributed by atoms with van der Waals surface area (Å²) in [4.78, 5) is 1.40. The Bertz CT molecular complexity index is 689. The third-order valence-electron chi connectivity index (χ3n) is 2.50. The number of rotatable bonds is 1. The quantitative estimate of drug-likeness (QED) is 0.657. The molecule has 0 radical (unpaired) electrons. The molecule has 0 atom stereocenters. The number of aryl methyl sites for hydroxylation is 1. The molecule has 0 fully saturated rings. The predicted molar refractivity (Wildman–Crippen MR) is 65.1 cm³/mol. The number of aromatic nitrogens is 3. The standard InChI is InChI=1S/C10H9N3S2/c1-2-6-3-7-9(15-6)4-8-10(14)12-11-5-13(7)8/h3-5H,2H2,1H3,(H,12,14). The van der Waals surface area contributed by atoms with Gasteiger partial charge in [0.25, 0.3) is 0 Å². The second-order valence-electron chi connectivity index (χ2n) is 3.40. The SMILES string of the molecule is CCc1cc2c(cc3c(=S)[nH]ncn32)s1. The van der Waals surface area contributed by atoms with Gasteiger partial charge in [0.1, 0.15) is 11.0 Å². The number of H-pyrrole nitrogens is 1. The molecule has 0 saturated heterocycles. The zero-order valence-corrected chi connectivity index (χ0v) is 9.78. The van der Waals surface area contributed by atoms with Crippen LogP contribution in [0, 0.1) is 4.64 Å². The summed E-state index contributed by atoms with van der Waals surface area (Å²) in [6, 6.07) is 4.34. The van der Waals surface area contributed by atoms with E-state index in [9.17, 15) is 0 Å². The van der Waals surface area contributed by atoms with E-state index in [0.29, 0.717) is 4.64 Å². The molecular weight excluding hydrogens is 226 g/mol. The topological polar surface area (TPSA) is 33.1 Å². The Hall–Kier alpha value is -1.20. The molecule has 0 aliphatic rings. The first-order valence-electron chi connectivity index (χ1n) is 4.76. The molecule has 0 aliphatic carbocycles. The van der Waals surface area contributed by atoms with Crippen LogP contribution in [0.25, 0.3) is 15.7 Å². The Morgan fingerprint density at radius 2 is 2.33 bits per heavy atom. The molecule has 76 valence electrons. The van der Waals surface area contributed by atoms with Crippen LogP contribution in [0.1, 0.15) is 11.8 Å². The molecule has 5 heteroatoms. The number of aromatic amines is 1. The summed E-state index contributed by atoms with van der Waals surface area (Å²) in [6.45, 7) is 2.17. The van der Waals surface area contributed by atoms with Crippen molar-refractivity contribution in [2.24, 2.45) is 0 Å². The first kappa shape index (κ1) is 9.06. The molecule has 0 aliphatic heterocycles. The van der Waals surface area contributed by atoms with Crippen LogP contribution in [0.3, 0.4) is 0 Å². The van der Waals surface area contributed by atoms with Crippen LogP contribution in [0.15, 0.2) is 18.5 Å². The molecule has 1 N–H and O–H groups in total. The van der Waals surface area contributed by atoms with Crippen LogP contribution in [-0.2, 0) is 6.42 Å². The van der Waals surface area contributed by atoms with E-state index >= 15 is 0 Å². The Kier molecular flexibility index (Phi) is 1.90. The first-order valence-corrected chi connectivity index (χ1v) is 5.99. The summed E-state index contributed by atoms with van der Waals surface area (Å²) in [7, 11) is 0. The third kappa shape index (κ3) is 1.23. The molecule has 0 bridgehead atoms. The Balaban J connectivity index is 2.51. The first-order chi connectivity index (χ1) is 7.29. The number of fused-ring (bicyclic) bond motifs is 3. The molecule has 0 spiro atoms. The van der Waals surface area contributed by atoms with Crippen molar-refractivity contribution in [2.45, 2.75) is 13.3 Å². The van der Waals surface area contributed by atoms with Crippen molar-refractivity contribution >= 4 is 39.3 Å². The Morgan fingerprint density at radius 3 is 3.13 bits per heavy atom. The van der Waals surface area contributed by atoms with Gasteiger partial charge in [0, 0.05) is 4.88 Å². The van der Waals surface area contributed by atoms with Gasteiger partial charge in [0.15, 0.2) is 0 Å². The second kappa shape index (κ2) is 3.15. The Morgan fingerprint density at radius 1 is 1.47 bits per heavy atom. The smallest absolute Gasteiger partial charge is 0.144 e. The zero-order valence-electron chi connectivity index (χ0n) is 8.15. The number of nitrogens with one attached hydrogen (secondary N) is 1. The van der Waals surface area contributed by atoms with Crippen LogP contribution in [0.4, 0.5) is 0 Å². The van der Waals surface area contributed by atoms with Crippen molar-refractivity contribution in [3.8, 4) is 0 Å². The van der Waals surface area contributed by atoms with E-state index < -0.39 is 0 Å². The summed E-state index contributed by atoms with van der Waals surface area (Å²) in [5.74, 6) is 0. The van der Waals surface area contributed by atoms with Gasteiger partial charge in [-0.05, 0) is 18.6 Å². The minimum atomic E-state index is 0.693. The average molecular weight is 235 g/mol. The lowest BCUT2D eigenvalue weighted by Gasteiger charge is -1.93. The highest BCUT2D eigenvalue weighted by molar-refractivity contribution is 7.71. The zero-order chi connectivity index (χ0) is 10.4. The maximum Gasteiger partial charge on any atom is 0.144 e. The van der Waals surface area contributed by atoms with Crippen LogP contribution >= 0.6 is 23.6 Å². The average Bonchev–Trinajstić information content (AvgIpc) is 2.76. The molecule has 3 nitrogen and oxygen atoms in total. The molecule has 15 heavy (non-hydrogen) atoms. The predicted octanol–water partition coefficient (Wildman–Crippen LogP) is 3.17. The fourth-order valence-electron chi connectivity index (χ4n) is 1.74. The monoisotopic (exact) mass is 235 g/mol. The van der Waals surface area contributed by atoms with Gasteiger partial charge in [-0.3, -0.25) is 9.50 Å². The van der Waals surface area contributed by atoms with E-state index in [1.807, 2.05) is 15.7 Å². The number of thiophene rings is 1. The van der Waals surface area contributed by atoms with Gasteiger partial charge >= 0.3 is 0 Å². The molecule has 0 aromatic carbocycles. The maximum absolute atomic E-state index is 5.19. The third-order valence-corrected chi connectivity index (χ3v) is 4.01. The second-order valence-corrected chi connectivity index (χ2v) is 4.98. The fourth-order valence-corrected chi connectivity index (χ4v) is 2.98. The number of hydrogen-bond acceptors (Lipinski definition) is 3. The molecule has 3 aromatic rings. The molecule has 0 unspecified atom stereocenters. The molecule has 3 heterocycles. The number of nitrogens with zero attached hydrogens (tertiary/aromatic N) is 2. The van der Waals surface area contributed by atoms with Gasteiger partial charge in [-0.1, -0.05) is 19.1 Å². The van der Waals surface area contributed by atoms with E-state index in [4.69, 9.17) is 12.2 Å². The molecular formula is C10H9N3S2. The fraction of sp³-hybridized carbons (Fsp3) is 0.200. The van der Waals surface area contributed by atoms with Crippen LogP contribution in [0.2, 0.25) is 0 Å². The minimum Gasteiger partial charge on any atom is -0.295 e. The summed E-state index contributed by atoms with van der Waals surface area (Å²) in [5, 5.41) is 6.81. The van der Waals surface area contributed by atoms with Gasteiger partial charge < -0.3 is 0 Å². The Labute approximate surface area is 95.4 Å². The lowest BCUT2D eigenvalue weighted by atomic mass is 10.3. The van der Waals surface area contributed by atoms with Gasteiger partial charge in [-0.2, -0.15) is 5.10 Å². The van der Waals surface area contributed by atoms with Crippen molar-refractivity contribution in [1.29, 1.82) is 0 Å². The molecule has 3 rings (SSSR count). The highest BCUT2D eigenvalue weighted by Crippen LogP contribution is 2.29. The van der Waals surface area contributed by atoms with Gasteiger partial charge in [0.2, 0.25) is 0 Å². The van der Waals surface area contributed by atoms with Crippen molar-refractivity contribution in [2.75, 3.05) is 0 Å². The maximum atomic E-state index is 5.19. The highest BCUT2D eigenvalue weighted by atomic mass is 32.1. The van der Waals surface area contributed by atoms with Crippen molar-refractivity contribution in [3.05, 3.63) is 28.0 Å². The minimum absolute atomic E-state index is 0.693. The van der Waals surface area contributed by atoms with E-state index in [2.05, 4.69) is 29.3 Å². The summed E-state index contributed by atoms with van der Waals surface area (Å²) < 4.78 is 4.02. The van der Waals surface area contributed by atoms with Crippen LogP contribution < -0.4 is 0 Å². The van der Waals surface area contributed by atoms with E-state index in [-0.39, 0.29) is 0 Å². The summed E-state index contributed by atoms with van der Waals surface area (Å²) in [5.41, 5.74) is 2.24. The normalized spacial score (nSPS) is 11.5. The van der Waals surface area contributed by atoms with E-state index in [1.165, 1.54) is 15.1 Å². The largest absolute Gasteiger partial charge is 0.295 e.